The first-order chi connectivity index (χ1) is 15.2. The van der Waals surface area contributed by atoms with Gasteiger partial charge in [0.2, 0.25) is 5.89 Å². The van der Waals surface area contributed by atoms with Crippen LogP contribution in [0, 0.1) is 6.92 Å². The lowest BCUT2D eigenvalue weighted by Gasteiger charge is -2.09. The molecular weight excluding hydrogens is 416 g/mol. The third-order valence-electron chi connectivity index (χ3n) is 4.55. The highest BCUT2D eigenvalue weighted by Crippen LogP contribution is 2.27. The molecule has 3 heterocycles. The van der Waals surface area contributed by atoms with Gasteiger partial charge in [-0.05, 0) is 11.6 Å². The van der Waals surface area contributed by atoms with E-state index in [9.17, 15) is 4.79 Å². The highest BCUT2D eigenvalue weighted by atomic mass is 32.2. The van der Waals surface area contributed by atoms with Gasteiger partial charge in [-0.25, -0.2) is 4.68 Å². The predicted molar refractivity (Wildman–Crippen MR) is 113 cm³/mol. The van der Waals surface area contributed by atoms with Crippen molar-refractivity contribution in [2.45, 2.75) is 24.4 Å². The molecule has 10 heteroatoms. The molecular formula is C21H16N6O3S. The monoisotopic (exact) mass is 432 g/mol. The summed E-state index contributed by atoms with van der Waals surface area (Å²) in [7, 11) is 0. The van der Waals surface area contributed by atoms with E-state index in [1.807, 2.05) is 48.5 Å². The minimum absolute atomic E-state index is 0.176. The first kappa shape index (κ1) is 19.2. The predicted octanol–water partition coefficient (Wildman–Crippen LogP) is 3.48. The molecule has 3 aromatic heterocycles. The van der Waals surface area contributed by atoms with Gasteiger partial charge in [0, 0.05) is 12.3 Å². The number of fused-ring (bicyclic) bond motifs is 1. The van der Waals surface area contributed by atoms with Gasteiger partial charge in [-0.15, -0.1) is 10.2 Å². The van der Waals surface area contributed by atoms with Crippen LogP contribution in [0.5, 0.6) is 0 Å². The van der Waals surface area contributed by atoms with Crippen LogP contribution in [0.15, 0.2) is 73.6 Å². The van der Waals surface area contributed by atoms with Gasteiger partial charge in [-0.3, -0.25) is 4.79 Å². The van der Waals surface area contributed by atoms with Crippen LogP contribution in [0.1, 0.15) is 17.3 Å². The number of benzene rings is 2. The van der Waals surface area contributed by atoms with E-state index in [-0.39, 0.29) is 11.4 Å². The van der Waals surface area contributed by atoms with Crippen molar-refractivity contribution in [3.63, 3.8) is 0 Å². The molecule has 31 heavy (non-hydrogen) atoms. The lowest BCUT2D eigenvalue weighted by Crippen LogP contribution is -2.24. The van der Waals surface area contributed by atoms with E-state index >= 15 is 0 Å². The second kappa shape index (κ2) is 8.15. The quantitative estimate of drug-likeness (QED) is 0.372. The molecule has 0 radical (unpaired) electrons. The Morgan fingerprint density at radius 2 is 1.77 bits per heavy atom. The molecule has 0 aliphatic heterocycles. The fourth-order valence-corrected chi connectivity index (χ4v) is 3.75. The molecule has 154 valence electrons. The van der Waals surface area contributed by atoms with E-state index in [2.05, 4.69) is 25.4 Å². The Labute approximate surface area is 180 Å². The Hall–Kier alpha value is -3.79. The van der Waals surface area contributed by atoms with Gasteiger partial charge in [0.15, 0.2) is 11.5 Å². The summed E-state index contributed by atoms with van der Waals surface area (Å²) in [4.78, 5) is 17.1. The number of hydrogen-bond donors (Lipinski definition) is 0. The molecule has 0 bridgehead atoms. The van der Waals surface area contributed by atoms with Crippen LogP contribution < -0.4 is 5.56 Å². The summed E-state index contributed by atoms with van der Waals surface area (Å²) in [6.45, 7) is 2.07. The third-order valence-corrected chi connectivity index (χ3v) is 5.36. The van der Waals surface area contributed by atoms with E-state index in [0.29, 0.717) is 45.7 Å². The summed E-state index contributed by atoms with van der Waals surface area (Å²) in [5, 5.41) is 18.2. The van der Waals surface area contributed by atoms with E-state index in [0.717, 1.165) is 5.56 Å². The topological polar surface area (TPSA) is 113 Å². The zero-order valence-electron chi connectivity index (χ0n) is 16.4. The van der Waals surface area contributed by atoms with Gasteiger partial charge < -0.3 is 8.94 Å². The van der Waals surface area contributed by atoms with Crippen LogP contribution in [0.25, 0.3) is 22.4 Å². The number of aromatic nitrogens is 6. The Balaban J connectivity index is 1.51. The number of hydrogen-bond acceptors (Lipinski definition) is 9. The molecule has 0 saturated heterocycles. The van der Waals surface area contributed by atoms with Crippen molar-refractivity contribution in [2.75, 3.05) is 0 Å². The number of thioether (sulfide) groups is 1. The first-order valence-electron chi connectivity index (χ1n) is 9.47. The number of nitrogens with zero attached hydrogens (tertiary/aromatic N) is 6. The van der Waals surface area contributed by atoms with Gasteiger partial charge in [0.05, 0.1) is 17.7 Å². The Morgan fingerprint density at radius 1 is 1.00 bits per heavy atom. The van der Waals surface area contributed by atoms with Crippen molar-refractivity contribution in [1.29, 1.82) is 0 Å². The maximum absolute atomic E-state index is 13.0. The highest BCUT2D eigenvalue weighted by Gasteiger charge is 2.18. The standard InChI is InChI=1S/C21H16N6O3S/c1-13-22-17(26-30-13)12-31-21-24-23-19(29-21)18-15-9-5-6-10-16(15)20(28)27(25-18)11-14-7-3-2-4-8-14/h2-10H,11-12H2,1H3. The zero-order valence-corrected chi connectivity index (χ0v) is 17.2. The fraction of sp³-hybridized carbons (Fsp3) is 0.143. The number of rotatable bonds is 6. The third kappa shape index (κ3) is 3.97. The van der Waals surface area contributed by atoms with Crippen LogP contribution in [0.3, 0.4) is 0 Å². The molecule has 0 N–H and O–H groups in total. The second-order valence-corrected chi connectivity index (χ2v) is 7.66. The van der Waals surface area contributed by atoms with Gasteiger partial charge in [-0.1, -0.05) is 65.4 Å². The molecule has 0 fully saturated rings. The smallest absolute Gasteiger partial charge is 0.277 e. The second-order valence-electron chi connectivity index (χ2n) is 6.73. The molecule has 9 nitrogen and oxygen atoms in total. The van der Waals surface area contributed by atoms with Crippen LogP contribution in [0.4, 0.5) is 0 Å². The molecule has 0 saturated carbocycles. The molecule has 0 unspecified atom stereocenters. The molecule has 0 aliphatic carbocycles. The van der Waals surface area contributed by atoms with E-state index in [1.54, 1.807) is 13.0 Å². The zero-order chi connectivity index (χ0) is 21.2. The highest BCUT2D eigenvalue weighted by molar-refractivity contribution is 7.98. The fourth-order valence-electron chi connectivity index (χ4n) is 3.15. The molecule has 2 aromatic carbocycles. The summed E-state index contributed by atoms with van der Waals surface area (Å²) < 4.78 is 12.2. The summed E-state index contributed by atoms with van der Waals surface area (Å²) in [5.41, 5.74) is 1.25. The van der Waals surface area contributed by atoms with Gasteiger partial charge in [-0.2, -0.15) is 10.1 Å². The Bertz CT molecular complexity index is 1410. The average Bonchev–Trinajstić information content (AvgIpc) is 3.44. The lowest BCUT2D eigenvalue weighted by atomic mass is 10.1. The van der Waals surface area contributed by atoms with E-state index in [1.165, 1.54) is 16.4 Å². The van der Waals surface area contributed by atoms with E-state index in [4.69, 9.17) is 8.94 Å². The molecule has 0 atom stereocenters. The van der Waals surface area contributed by atoms with Gasteiger partial charge in [0.1, 0.15) is 0 Å². The van der Waals surface area contributed by atoms with Crippen molar-refractivity contribution in [1.82, 2.24) is 30.1 Å². The summed E-state index contributed by atoms with van der Waals surface area (Å²) in [5.74, 6) is 1.71. The van der Waals surface area contributed by atoms with Gasteiger partial charge >= 0.3 is 0 Å². The summed E-state index contributed by atoms with van der Waals surface area (Å²) >= 11 is 1.30. The molecule has 5 aromatic rings. The van der Waals surface area contributed by atoms with E-state index < -0.39 is 0 Å². The lowest BCUT2D eigenvalue weighted by molar-refractivity contribution is 0.389. The first-order valence-corrected chi connectivity index (χ1v) is 10.5. The van der Waals surface area contributed by atoms with Crippen LogP contribution >= 0.6 is 11.8 Å². The normalized spacial score (nSPS) is 11.3. The SMILES string of the molecule is Cc1nc(CSc2nnc(-c3nn(Cc4ccccc4)c(=O)c4ccccc34)o2)no1. The van der Waals surface area contributed by atoms with Crippen LogP contribution in [-0.2, 0) is 12.3 Å². The molecule has 5 rings (SSSR count). The minimum atomic E-state index is -0.176. The summed E-state index contributed by atoms with van der Waals surface area (Å²) in [6, 6.07) is 16.9. The maximum Gasteiger partial charge on any atom is 0.277 e. The van der Waals surface area contributed by atoms with Crippen LogP contribution in [0.2, 0.25) is 0 Å². The van der Waals surface area contributed by atoms with Crippen molar-refractivity contribution in [3.05, 3.63) is 82.2 Å². The number of aryl methyl sites for hydroxylation is 1. The Morgan fingerprint density at radius 3 is 2.55 bits per heavy atom. The van der Waals surface area contributed by atoms with Crippen molar-refractivity contribution in [2.24, 2.45) is 0 Å². The van der Waals surface area contributed by atoms with Crippen LogP contribution in [-0.4, -0.2) is 30.1 Å². The molecule has 0 amide bonds. The van der Waals surface area contributed by atoms with Gasteiger partial charge in [0.25, 0.3) is 16.7 Å². The summed E-state index contributed by atoms with van der Waals surface area (Å²) in [6.07, 6.45) is 0. The van der Waals surface area contributed by atoms with Crippen molar-refractivity contribution < 1.29 is 8.94 Å². The largest absolute Gasteiger partial charge is 0.409 e. The van der Waals surface area contributed by atoms with Crippen molar-refractivity contribution in [3.8, 4) is 11.6 Å². The maximum atomic E-state index is 13.0. The average molecular weight is 432 g/mol. The molecule has 0 spiro atoms. The van der Waals surface area contributed by atoms with Crippen molar-refractivity contribution >= 4 is 22.5 Å². The minimum Gasteiger partial charge on any atom is -0.409 e. The molecule has 0 aliphatic rings. The Kier molecular flexibility index (Phi) is 5.04.